The molecule has 2 rings (SSSR count). The number of hydrogen-bond acceptors (Lipinski definition) is 1. The molecule has 0 unspecified atom stereocenters. The van der Waals surface area contributed by atoms with Gasteiger partial charge in [0, 0.05) is 5.56 Å². The van der Waals surface area contributed by atoms with Crippen molar-refractivity contribution in [3.63, 3.8) is 0 Å². The molecule has 0 N–H and O–H groups in total. The summed E-state index contributed by atoms with van der Waals surface area (Å²) in [7, 11) is 0. The summed E-state index contributed by atoms with van der Waals surface area (Å²) in [6, 6.07) is 11.9. The summed E-state index contributed by atoms with van der Waals surface area (Å²) in [4.78, 5) is 4.10. The average Bonchev–Trinajstić information content (AvgIpc) is 2.39. The molecule has 20 heavy (non-hydrogen) atoms. The molecule has 0 aromatic heterocycles. The number of aryl methyl sites for hydroxylation is 1. The van der Waals surface area contributed by atoms with Crippen LogP contribution < -0.4 is 0 Å². The van der Waals surface area contributed by atoms with E-state index in [-0.39, 0.29) is 5.17 Å². The highest BCUT2D eigenvalue weighted by molar-refractivity contribution is 6.69. The van der Waals surface area contributed by atoms with Crippen LogP contribution in [0.3, 0.4) is 0 Å². The summed E-state index contributed by atoms with van der Waals surface area (Å²) in [6.07, 6.45) is -4.34. The minimum absolute atomic E-state index is 0.241. The monoisotopic (exact) mass is 297 g/mol. The molecule has 1 nitrogen and oxygen atoms in total. The summed E-state index contributed by atoms with van der Waals surface area (Å²) in [5.41, 5.74) is 1.48. The van der Waals surface area contributed by atoms with Gasteiger partial charge in [-0.25, -0.2) is 4.99 Å². The van der Waals surface area contributed by atoms with Crippen molar-refractivity contribution in [2.24, 2.45) is 4.99 Å². The molecule has 0 fully saturated rings. The molecule has 0 saturated heterocycles. The van der Waals surface area contributed by atoms with E-state index < -0.39 is 11.7 Å². The number of nitrogens with zero attached hydrogens (tertiary/aromatic N) is 1. The van der Waals surface area contributed by atoms with E-state index in [1.54, 1.807) is 0 Å². The smallest absolute Gasteiger partial charge is 0.236 e. The van der Waals surface area contributed by atoms with Gasteiger partial charge in [0.15, 0.2) is 0 Å². The molecule has 0 bridgehead atoms. The zero-order chi connectivity index (χ0) is 14.8. The fraction of sp³-hybridized carbons (Fsp3) is 0.133. The Balaban J connectivity index is 2.24. The number of halogens is 4. The summed E-state index contributed by atoms with van der Waals surface area (Å²) in [6.45, 7) is 1.95. The van der Waals surface area contributed by atoms with Gasteiger partial charge in [0.25, 0.3) is 0 Å². The van der Waals surface area contributed by atoms with Crippen LogP contribution in [0.2, 0.25) is 0 Å². The topological polar surface area (TPSA) is 12.4 Å². The molecular weight excluding hydrogens is 287 g/mol. The van der Waals surface area contributed by atoms with Crippen molar-refractivity contribution in [1.29, 1.82) is 0 Å². The third-order valence-electron chi connectivity index (χ3n) is 2.71. The highest BCUT2D eigenvalue weighted by Crippen LogP contribution is 2.30. The molecule has 0 saturated carbocycles. The first-order valence-electron chi connectivity index (χ1n) is 5.85. The van der Waals surface area contributed by atoms with Gasteiger partial charge in [-0.05, 0) is 31.2 Å². The van der Waals surface area contributed by atoms with E-state index in [1.807, 2.05) is 31.2 Å². The molecular formula is C15H11ClF3N. The third-order valence-corrected chi connectivity index (χ3v) is 3.01. The Bertz CT molecular complexity index is 613. The van der Waals surface area contributed by atoms with E-state index in [9.17, 15) is 13.2 Å². The van der Waals surface area contributed by atoms with Crippen LogP contribution >= 0.6 is 11.6 Å². The number of hydrogen-bond donors (Lipinski definition) is 0. The van der Waals surface area contributed by atoms with Crippen LogP contribution in [0, 0.1) is 6.92 Å². The second-order valence-electron chi connectivity index (χ2n) is 4.31. The van der Waals surface area contributed by atoms with Gasteiger partial charge in [-0.1, -0.05) is 41.4 Å². The highest BCUT2D eigenvalue weighted by atomic mass is 35.5. The van der Waals surface area contributed by atoms with Gasteiger partial charge in [-0.2, -0.15) is 13.2 Å². The molecule has 0 aliphatic rings. The van der Waals surface area contributed by atoms with Crippen LogP contribution in [0.5, 0.6) is 0 Å². The first-order chi connectivity index (χ1) is 9.36. The van der Waals surface area contributed by atoms with Crippen LogP contribution in [0.25, 0.3) is 0 Å². The number of benzene rings is 2. The van der Waals surface area contributed by atoms with Crippen molar-refractivity contribution in [1.82, 2.24) is 0 Å². The fourth-order valence-electron chi connectivity index (χ4n) is 1.59. The predicted octanol–water partition coefficient (Wildman–Crippen LogP) is 5.33. The van der Waals surface area contributed by atoms with Crippen LogP contribution in [-0.4, -0.2) is 5.17 Å². The van der Waals surface area contributed by atoms with E-state index in [4.69, 9.17) is 11.6 Å². The van der Waals surface area contributed by atoms with Gasteiger partial charge in [0.1, 0.15) is 5.17 Å². The van der Waals surface area contributed by atoms with Crippen LogP contribution in [0.4, 0.5) is 18.9 Å². The number of aliphatic imine (C=N–C) groups is 1. The fourth-order valence-corrected chi connectivity index (χ4v) is 1.82. The van der Waals surface area contributed by atoms with Gasteiger partial charge >= 0.3 is 6.18 Å². The summed E-state index contributed by atoms with van der Waals surface area (Å²) >= 11 is 6.05. The van der Waals surface area contributed by atoms with E-state index in [0.29, 0.717) is 5.69 Å². The molecule has 2 aromatic rings. The number of rotatable bonds is 2. The van der Waals surface area contributed by atoms with Crippen molar-refractivity contribution in [2.75, 3.05) is 0 Å². The van der Waals surface area contributed by atoms with Crippen molar-refractivity contribution < 1.29 is 13.2 Å². The lowest BCUT2D eigenvalue weighted by molar-refractivity contribution is -0.137. The lowest BCUT2D eigenvalue weighted by atomic mass is 10.1. The predicted molar refractivity (Wildman–Crippen MR) is 74.7 cm³/mol. The van der Waals surface area contributed by atoms with Gasteiger partial charge in [0.05, 0.1) is 11.3 Å². The normalized spacial score (nSPS) is 12.6. The molecule has 2 aromatic carbocycles. The Morgan fingerprint density at radius 1 is 0.950 bits per heavy atom. The molecule has 0 atom stereocenters. The summed E-state index contributed by atoms with van der Waals surface area (Å²) in [5.74, 6) is 0. The van der Waals surface area contributed by atoms with Gasteiger partial charge in [0.2, 0.25) is 0 Å². The quantitative estimate of drug-likeness (QED) is 0.664. The Labute approximate surface area is 119 Å². The zero-order valence-electron chi connectivity index (χ0n) is 10.6. The second-order valence-corrected chi connectivity index (χ2v) is 4.67. The van der Waals surface area contributed by atoms with E-state index >= 15 is 0 Å². The van der Waals surface area contributed by atoms with Crippen molar-refractivity contribution >= 4 is 22.5 Å². The lowest BCUT2D eigenvalue weighted by Crippen LogP contribution is -2.03. The van der Waals surface area contributed by atoms with Gasteiger partial charge in [-0.15, -0.1) is 0 Å². The van der Waals surface area contributed by atoms with Crippen molar-refractivity contribution in [3.8, 4) is 0 Å². The Hall–Kier alpha value is -1.81. The van der Waals surface area contributed by atoms with E-state index in [0.717, 1.165) is 23.3 Å². The van der Waals surface area contributed by atoms with Crippen LogP contribution in [-0.2, 0) is 6.18 Å². The van der Waals surface area contributed by atoms with Gasteiger partial charge < -0.3 is 0 Å². The van der Waals surface area contributed by atoms with Crippen molar-refractivity contribution in [2.45, 2.75) is 13.1 Å². The molecule has 104 valence electrons. The molecule has 5 heteroatoms. The van der Waals surface area contributed by atoms with Gasteiger partial charge in [-0.3, -0.25) is 0 Å². The average molecular weight is 298 g/mol. The summed E-state index contributed by atoms with van der Waals surface area (Å²) < 4.78 is 37.3. The zero-order valence-corrected chi connectivity index (χ0v) is 11.3. The highest BCUT2D eigenvalue weighted by Gasteiger charge is 2.29. The van der Waals surface area contributed by atoms with Crippen LogP contribution in [0.15, 0.2) is 53.5 Å². The molecule has 0 heterocycles. The Kier molecular flexibility index (Phi) is 4.14. The van der Waals surface area contributed by atoms with Crippen molar-refractivity contribution in [3.05, 3.63) is 65.2 Å². The standard InChI is InChI=1S/C15H11ClF3N/c1-10-2-4-11(5-3-10)14(16)20-13-8-6-12(7-9-13)15(17,18)19/h2-9H,1H3. The number of alkyl halides is 3. The minimum atomic E-state index is -4.34. The molecule has 0 spiro atoms. The first-order valence-corrected chi connectivity index (χ1v) is 6.22. The maximum absolute atomic E-state index is 12.4. The maximum Gasteiger partial charge on any atom is 0.416 e. The Morgan fingerprint density at radius 3 is 2.00 bits per heavy atom. The largest absolute Gasteiger partial charge is 0.416 e. The SMILES string of the molecule is Cc1ccc(C(Cl)=Nc2ccc(C(F)(F)F)cc2)cc1. The molecule has 0 aliphatic carbocycles. The second kappa shape index (κ2) is 5.67. The van der Waals surface area contributed by atoms with Crippen LogP contribution in [0.1, 0.15) is 16.7 Å². The first kappa shape index (κ1) is 14.6. The lowest BCUT2D eigenvalue weighted by Gasteiger charge is -2.06. The third kappa shape index (κ3) is 3.61. The minimum Gasteiger partial charge on any atom is -0.236 e. The molecule has 0 aliphatic heterocycles. The van der Waals surface area contributed by atoms with E-state index in [2.05, 4.69) is 4.99 Å². The van der Waals surface area contributed by atoms with E-state index in [1.165, 1.54) is 12.1 Å². The summed E-state index contributed by atoms with van der Waals surface area (Å²) in [5, 5.41) is 0.241. The maximum atomic E-state index is 12.4. The molecule has 0 radical (unpaired) electrons. The molecule has 0 amide bonds. The Morgan fingerprint density at radius 2 is 1.50 bits per heavy atom.